The van der Waals surface area contributed by atoms with Crippen molar-refractivity contribution in [3.8, 4) is 34.4 Å². The summed E-state index contributed by atoms with van der Waals surface area (Å²) in [5.41, 5.74) is 15.1. The minimum absolute atomic E-state index is 0. The van der Waals surface area contributed by atoms with Crippen LogP contribution in [0.1, 0.15) is 5.56 Å². The van der Waals surface area contributed by atoms with Crippen LogP contribution >= 0.6 is 0 Å². The number of aromatic nitrogens is 4. The predicted octanol–water partition coefficient (Wildman–Crippen LogP) is 15.0. The second kappa shape index (κ2) is 16.9. The van der Waals surface area contributed by atoms with E-state index in [4.69, 9.17) is 4.98 Å². The number of fused-ring (bicyclic) bond motifs is 10. The number of rotatable bonds is 7. The van der Waals surface area contributed by atoms with Gasteiger partial charge in [0.1, 0.15) is 5.82 Å². The van der Waals surface area contributed by atoms with Crippen LogP contribution in [0.5, 0.6) is 0 Å². The third kappa shape index (κ3) is 6.44. The zero-order valence-corrected chi connectivity index (χ0v) is 41.4. The molecule has 9 heteroatoms. The number of hydrogen-bond acceptors (Lipinski definition) is 5. The molecule has 0 atom stereocenters. The number of nitriles is 1. The largest absolute Gasteiger partial charge is 0.504 e. The average Bonchev–Trinajstić information content (AvgIpc) is 4.16. The van der Waals surface area contributed by atoms with Crippen LogP contribution in [0.4, 0.5) is 28.4 Å². The Bertz CT molecular complexity index is 4120. The third-order valence-corrected chi connectivity index (χ3v) is 14.3. The summed E-state index contributed by atoms with van der Waals surface area (Å²) < 4.78 is 6.84. The average molecular weight is 1110 g/mol. The Hall–Kier alpha value is -8.89. The van der Waals surface area contributed by atoms with Crippen LogP contribution < -0.4 is 14.7 Å². The number of nitrogens with zero attached hydrogens (tertiary/aromatic N) is 8. The molecule has 1 aliphatic heterocycles. The third-order valence-electron chi connectivity index (χ3n) is 14.3. The fourth-order valence-electron chi connectivity index (χ4n) is 11.1. The predicted molar refractivity (Wildman–Crippen MR) is 291 cm³/mol. The Labute approximate surface area is 430 Å². The van der Waals surface area contributed by atoms with Gasteiger partial charge >= 0.3 is 0 Å². The van der Waals surface area contributed by atoms with Gasteiger partial charge in [-0.15, -0.1) is 41.4 Å². The van der Waals surface area contributed by atoms with Crippen molar-refractivity contribution >= 4 is 93.9 Å². The molecule has 346 valence electrons. The Morgan fingerprint density at radius 2 is 0.972 bits per heavy atom. The van der Waals surface area contributed by atoms with Gasteiger partial charge in [-0.3, -0.25) is 0 Å². The van der Waals surface area contributed by atoms with Gasteiger partial charge in [0.25, 0.3) is 0 Å². The van der Waals surface area contributed by atoms with E-state index in [9.17, 15) is 5.26 Å². The van der Waals surface area contributed by atoms with Gasteiger partial charge in [0.15, 0.2) is 0 Å². The number of anilines is 5. The molecule has 0 spiro atoms. The number of para-hydroxylation sites is 7. The molecule has 0 aliphatic carbocycles. The maximum atomic E-state index is 11.4. The van der Waals surface area contributed by atoms with Crippen LogP contribution in [0.3, 0.4) is 0 Å². The molecule has 1 aliphatic rings. The SMILES string of the molecule is CN1[CH-]N(c2[c-]c(N(C)c3[c-]c4c(cc3)c3ccccc3n4-c3cc(C#N)c(-c4c(-n5c6ccccc6c6ccccc65)cccc4-n4c5ccccc5c5ccccc54)cn3)ccc2)c2ccccc21.[Pt]. The molecule has 14 rings (SSSR count). The second-order valence-corrected chi connectivity index (χ2v) is 18.1. The molecule has 8 nitrogen and oxygen atoms in total. The fourth-order valence-corrected chi connectivity index (χ4v) is 11.1. The summed E-state index contributed by atoms with van der Waals surface area (Å²) in [6.45, 7) is 2.10. The van der Waals surface area contributed by atoms with Crippen LogP contribution in [0.25, 0.3) is 93.7 Å². The Morgan fingerprint density at radius 3 is 1.54 bits per heavy atom. The van der Waals surface area contributed by atoms with Gasteiger partial charge in [0.05, 0.1) is 45.1 Å². The summed E-state index contributed by atoms with van der Waals surface area (Å²) >= 11 is 0. The summed E-state index contributed by atoms with van der Waals surface area (Å²) in [6, 6.07) is 80.1. The number of pyridine rings is 1. The van der Waals surface area contributed by atoms with Gasteiger partial charge in [-0.2, -0.15) is 24.1 Å². The van der Waals surface area contributed by atoms with Crippen LogP contribution in [0.15, 0.2) is 206 Å². The molecule has 0 fully saturated rings. The zero-order valence-electron chi connectivity index (χ0n) is 39.1. The maximum Gasteiger partial charge on any atom is 0.136 e. The van der Waals surface area contributed by atoms with Gasteiger partial charge in [-0.1, -0.05) is 126 Å². The minimum atomic E-state index is 0. The van der Waals surface area contributed by atoms with Gasteiger partial charge in [0.2, 0.25) is 0 Å². The summed E-state index contributed by atoms with van der Waals surface area (Å²) in [5, 5.41) is 18.2. The molecular weight excluding hydrogens is 1060 g/mol. The van der Waals surface area contributed by atoms with E-state index >= 15 is 0 Å². The minimum Gasteiger partial charge on any atom is -0.504 e. The summed E-state index contributed by atoms with van der Waals surface area (Å²) in [4.78, 5) is 11.8. The van der Waals surface area contributed by atoms with Gasteiger partial charge < -0.3 is 28.4 Å². The first kappa shape index (κ1) is 43.2. The smallest absolute Gasteiger partial charge is 0.136 e. The molecule has 4 aromatic heterocycles. The van der Waals surface area contributed by atoms with Crippen molar-refractivity contribution < 1.29 is 21.1 Å². The van der Waals surface area contributed by atoms with Crippen molar-refractivity contribution in [3.05, 3.63) is 231 Å². The van der Waals surface area contributed by atoms with Crippen LogP contribution in [-0.2, 0) is 21.1 Å². The molecule has 0 saturated heterocycles. The van der Waals surface area contributed by atoms with E-state index in [1.165, 1.54) is 0 Å². The summed E-state index contributed by atoms with van der Waals surface area (Å²) in [6.07, 6.45) is 1.90. The Morgan fingerprint density at radius 1 is 0.500 bits per heavy atom. The van der Waals surface area contributed by atoms with E-state index in [1.54, 1.807) is 0 Å². The van der Waals surface area contributed by atoms with E-state index in [2.05, 4.69) is 261 Å². The van der Waals surface area contributed by atoms with Gasteiger partial charge in [-0.05, 0) is 73.1 Å². The van der Waals surface area contributed by atoms with E-state index in [0.717, 1.165) is 116 Å². The quantitative estimate of drug-likeness (QED) is 0.149. The zero-order chi connectivity index (χ0) is 47.3. The first-order valence-electron chi connectivity index (χ1n) is 23.7. The topological polar surface area (TPSA) is 61.2 Å². The molecule has 0 radical (unpaired) electrons. The molecule has 5 heterocycles. The van der Waals surface area contributed by atoms with Crippen molar-refractivity contribution in [2.75, 3.05) is 28.8 Å². The molecule has 0 N–H and O–H groups in total. The number of benzene rings is 9. The molecule has 0 amide bonds. The van der Waals surface area contributed by atoms with Crippen molar-refractivity contribution in [2.45, 2.75) is 0 Å². The van der Waals surface area contributed by atoms with Crippen LogP contribution in [0.2, 0.25) is 0 Å². The first-order chi connectivity index (χ1) is 35.0. The Kier molecular flexibility index (Phi) is 10.1. The molecule has 0 bridgehead atoms. The van der Waals surface area contributed by atoms with E-state index in [-0.39, 0.29) is 21.1 Å². The molecular formula is C63H41N8Pt-3. The van der Waals surface area contributed by atoms with E-state index in [0.29, 0.717) is 11.4 Å². The summed E-state index contributed by atoms with van der Waals surface area (Å²) in [7, 11) is 4.12. The van der Waals surface area contributed by atoms with Gasteiger partial charge in [-0.25, -0.2) is 4.98 Å². The summed E-state index contributed by atoms with van der Waals surface area (Å²) in [5.74, 6) is 0.626. The molecule has 0 unspecified atom stereocenters. The molecule has 72 heavy (non-hydrogen) atoms. The molecule has 9 aromatic carbocycles. The van der Waals surface area contributed by atoms with Crippen LogP contribution in [-0.4, -0.2) is 32.8 Å². The van der Waals surface area contributed by atoms with Gasteiger partial charge in [0, 0.05) is 83.9 Å². The van der Waals surface area contributed by atoms with Crippen molar-refractivity contribution in [2.24, 2.45) is 0 Å². The van der Waals surface area contributed by atoms with E-state index < -0.39 is 0 Å². The molecule has 0 saturated carbocycles. The normalized spacial score (nSPS) is 12.3. The second-order valence-electron chi connectivity index (χ2n) is 18.1. The fraction of sp³-hybridized carbons (Fsp3) is 0.0317. The standard InChI is InChI=1S/C63H41N8.Pt/c1-66-40-68(58-30-14-13-29-57(58)66)44-18-15-17-42(36-44)67(2)43-33-34-50-49-23-7-12-28-56(49)71(61(50)37-43)62-35-41(38-64)51(39-65-62)63-59(69-52-24-8-3-19-45(52)46-20-4-9-25-53(46)69)31-16-32-60(63)70-54-26-10-5-21-47(54)48-22-6-11-27-55(48)70;/h3-35,39-40H,1-2H3;/q-3;. The monoisotopic (exact) mass is 1100 g/mol. The number of hydrogen-bond donors (Lipinski definition) is 0. The maximum absolute atomic E-state index is 11.4. The van der Waals surface area contributed by atoms with Crippen molar-refractivity contribution in [3.63, 3.8) is 0 Å². The Balaban J connectivity index is 0.00000504. The van der Waals surface area contributed by atoms with Crippen LogP contribution in [0, 0.1) is 30.1 Å². The first-order valence-corrected chi connectivity index (χ1v) is 23.7. The molecule has 13 aromatic rings. The van der Waals surface area contributed by atoms with Crippen molar-refractivity contribution in [1.82, 2.24) is 18.7 Å². The van der Waals surface area contributed by atoms with E-state index in [1.807, 2.05) is 12.3 Å². The van der Waals surface area contributed by atoms with Crippen molar-refractivity contribution in [1.29, 1.82) is 5.26 Å².